The van der Waals surface area contributed by atoms with Gasteiger partial charge in [-0.25, -0.2) is 19.9 Å². The average Bonchev–Trinajstić information content (AvgIpc) is 3.24. The molecule has 0 amide bonds. The highest BCUT2D eigenvalue weighted by atomic mass is 16.5. The molecule has 0 radical (unpaired) electrons. The summed E-state index contributed by atoms with van der Waals surface area (Å²) < 4.78 is 5.48. The molecular weight excluding hydrogens is 340 g/mol. The number of ether oxygens (including phenoxy) is 1. The van der Waals surface area contributed by atoms with E-state index in [2.05, 4.69) is 35.8 Å². The van der Waals surface area contributed by atoms with Crippen LogP contribution in [0.15, 0.2) is 18.7 Å². The summed E-state index contributed by atoms with van der Waals surface area (Å²) in [5, 5.41) is 0. The van der Waals surface area contributed by atoms with Gasteiger partial charge in [-0.2, -0.15) is 0 Å². The van der Waals surface area contributed by atoms with Crippen LogP contribution in [0.2, 0.25) is 0 Å². The van der Waals surface area contributed by atoms with Crippen LogP contribution in [-0.2, 0) is 17.6 Å². The van der Waals surface area contributed by atoms with Crippen LogP contribution in [0.4, 0.5) is 11.6 Å². The van der Waals surface area contributed by atoms with Gasteiger partial charge in [0.15, 0.2) is 0 Å². The normalized spacial score (nSPS) is 20.7. The maximum absolute atomic E-state index is 5.48. The van der Waals surface area contributed by atoms with E-state index < -0.39 is 0 Å². The van der Waals surface area contributed by atoms with Crippen LogP contribution in [0, 0.1) is 0 Å². The third-order valence-electron chi connectivity index (χ3n) is 6.07. The van der Waals surface area contributed by atoms with Crippen molar-refractivity contribution in [3.8, 4) is 0 Å². The second-order valence-corrected chi connectivity index (χ2v) is 7.64. The molecule has 142 valence electrons. The van der Waals surface area contributed by atoms with E-state index in [1.54, 1.807) is 12.7 Å². The number of aromatic nitrogens is 4. The Morgan fingerprint density at radius 3 is 2.48 bits per heavy atom. The second kappa shape index (κ2) is 7.38. The molecule has 2 aromatic rings. The molecule has 0 spiro atoms. The van der Waals surface area contributed by atoms with Crippen LogP contribution in [0.3, 0.4) is 0 Å². The Kier molecular flexibility index (Phi) is 4.61. The molecule has 27 heavy (non-hydrogen) atoms. The molecule has 0 bridgehead atoms. The fraction of sp³-hybridized carbons (Fsp3) is 0.600. The van der Waals surface area contributed by atoms with Crippen molar-refractivity contribution in [1.29, 1.82) is 0 Å². The highest BCUT2D eigenvalue weighted by Crippen LogP contribution is 2.30. The highest BCUT2D eigenvalue weighted by Gasteiger charge is 2.25. The molecule has 0 N–H and O–H groups in total. The maximum Gasteiger partial charge on any atom is 0.135 e. The first-order chi connectivity index (χ1) is 13.4. The van der Waals surface area contributed by atoms with Gasteiger partial charge in [0.2, 0.25) is 0 Å². The first kappa shape index (κ1) is 16.9. The molecule has 0 atom stereocenters. The quantitative estimate of drug-likeness (QED) is 0.823. The van der Waals surface area contributed by atoms with Gasteiger partial charge in [-0.3, -0.25) is 0 Å². The maximum atomic E-state index is 5.48. The minimum Gasteiger partial charge on any atom is -0.381 e. The summed E-state index contributed by atoms with van der Waals surface area (Å²) in [4.78, 5) is 23.0. The van der Waals surface area contributed by atoms with Crippen molar-refractivity contribution < 1.29 is 4.74 Å². The van der Waals surface area contributed by atoms with Crippen molar-refractivity contribution >= 4 is 11.6 Å². The summed E-state index contributed by atoms with van der Waals surface area (Å²) in [6.45, 7) is 5.55. The molecule has 0 saturated carbocycles. The molecule has 2 aromatic heterocycles. The van der Waals surface area contributed by atoms with E-state index in [0.29, 0.717) is 5.92 Å². The number of hydrogen-bond acceptors (Lipinski definition) is 7. The van der Waals surface area contributed by atoms with E-state index in [1.807, 2.05) is 0 Å². The van der Waals surface area contributed by atoms with E-state index in [0.717, 1.165) is 76.7 Å². The minimum atomic E-state index is 0.505. The van der Waals surface area contributed by atoms with Crippen molar-refractivity contribution in [3.05, 3.63) is 35.7 Å². The van der Waals surface area contributed by atoms with Crippen molar-refractivity contribution in [2.75, 3.05) is 49.2 Å². The molecule has 4 heterocycles. The van der Waals surface area contributed by atoms with Crippen LogP contribution in [-0.4, -0.2) is 59.3 Å². The summed E-state index contributed by atoms with van der Waals surface area (Å²) >= 11 is 0. The molecule has 0 aromatic carbocycles. The Hall–Kier alpha value is -2.28. The van der Waals surface area contributed by atoms with E-state index >= 15 is 0 Å². The fourth-order valence-corrected chi connectivity index (χ4v) is 4.51. The molecular formula is C20H26N6O. The summed E-state index contributed by atoms with van der Waals surface area (Å²) in [5.41, 5.74) is 3.79. The molecule has 2 aliphatic heterocycles. The smallest absolute Gasteiger partial charge is 0.135 e. The lowest BCUT2D eigenvalue weighted by Crippen LogP contribution is -2.47. The number of rotatable bonds is 3. The zero-order valence-corrected chi connectivity index (χ0v) is 15.7. The third kappa shape index (κ3) is 3.36. The molecule has 2 fully saturated rings. The van der Waals surface area contributed by atoms with Gasteiger partial charge in [0.25, 0.3) is 0 Å². The van der Waals surface area contributed by atoms with Crippen LogP contribution in [0.5, 0.6) is 0 Å². The van der Waals surface area contributed by atoms with Gasteiger partial charge in [-0.15, -0.1) is 0 Å². The predicted octanol–water partition coefficient (Wildman–Crippen LogP) is 1.98. The van der Waals surface area contributed by atoms with Crippen molar-refractivity contribution in [3.63, 3.8) is 0 Å². The molecule has 3 aliphatic rings. The van der Waals surface area contributed by atoms with Gasteiger partial charge < -0.3 is 14.5 Å². The van der Waals surface area contributed by atoms with Crippen LogP contribution in [0.1, 0.15) is 42.1 Å². The molecule has 0 unspecified atom stereocenters. The Morgan fingerprint density at radius 2 is 1.63 bits per heavy atom. The summed E-state index contributed by atoms with van der Waals surface area (Å²) in [5.74, 6) is 2.71. The summed E-state index contributed by atoms with van der Waals surface area (Å²) in [7, 11) is 0. The molecule has 7 heteroatoms. The van der Waals surface area contributed by atoms with Gasteiger partial charge in [-0.1, -0.05) is 0 Å². The number of fused-ring (bicyclic) bond motifs is 1. The van der Waals surface area contributed by atoms with Gasteiger partial charge in [0, 0.05) is 68.3 Å². The lowest BCUT2D eigenvalue weighted by Gasteiger charge is -2.37. The van der Waals surface area contributed by atoms with Crippen molar-refractivity contribution in [2.45, 2.75) is 38.0 Å². The lowest BCUT2D eigenvalue weighted by molar-refractivity contribution is 0.0845. The number of hydrogen-bond donors (Lipinski definition) is 0. The fourth-order valence-electron chi connectivity index (χ4n) is 4.51. The Bertz CT molecular complexity index is 799. The number of piperazine rings is 1. The van der Waals surface area contributed by atoms with Crippen molar-refractivity contribution in [1.82, 2.24) is 19.9 Å². The van der Waals surface area contributed by atoms with E-state index in [9.17, 15) is 0 Å². The van der Waals surface area contributed by atoms with E-state index in [1.165, 1.54) is 23.4 Å². The minimum absolute atomic E-state index is 0.505. The van der Waals surface area contributed by atoms with Gasteiger partial charge in [0.1, 0.15) is 24.3 Å². The summed E-state index contributed by atoms with van der Waals surface area (Å²) in [6.07, 6.45) is 9.00. The van der Waals surface area contributed by atoms with Crippen LogP contribution in [0.25, 0.3) is 0 Å². The van der Waals surface area contributed by atoms with Crippen LogP contribution < -0.4 is 9.80 Å². The Labute approximate surface area is 159 Å². The van der Waals surface area contributed by atoms with Gasteiger partial charge in [-0.05, 0) is 32.1 Å². The van der Waals surface area contributed by atoms with E-state index in [-0.39, 0.29) is 0 Å². The van der Waals surface area contributed by atoms with Gasteiger partial charge >= 0.3 is 0 Å². The SMILES string of the molecule is c1nc(C2CCOCC2)cc(N2CCN(c3ncnc4c3CCC4)CC2)n1. The zero-order chi connectivity index (χ0) is 18.1. The number of nitrogens with zero attached hydrogens (tertiary/aromatic N) is 6. The average molecular weight is 366 g/mol. The third-order valence-corrected chi connectivity index (χ3v) is 6.07. The first-order valence-electron chi connectivity index (χ1n) is 10.1. The van der Waals surface area contributed by atoms with Crippen molar-refractivity contribution in [2.24, 2.45) is 0 Å². The Morgan fingerprint density at radius 1 is 0.852 bits per heavy atom. The number of aryl methyl sites for hydroxylation is 1. The largest absolute Gasteiger partial charge is 0.381 e. The lowest BCUT2D eigenvalue weighted by atomic mass is 9.96. The number of anilines is 2. The molecule has 1 aliphatic carbocycles. The standard InChI is InChI=1S/C20H26N6O/c1-2-16-17(3-1)21-14-24-20(16)26-8-6-25(7-9-26)19-12-18(22-13-23-19)15-4-10-27-11-5-15/h12-15H,1-11H2. The first-order valence-corrected chi connectivity index (χ1v) is 10.1. The molecule has 7 nitrogen and oxygen atoms in total. The summed E-state index contributed by atoms with van der Waals surface area (Å²) in [6, 6.07) is 2.19. The Balaban J connectivity index is 1.28. The monoisotopic (exact) mass is 366 g/mol. The highest BCUT2D eigenvalue weighted by molar-refractivity contribution is 5.52. The molecule has 5 rings (SSSR count). The second-order valence-electron chi connectivity index (χ2n) is 7.64. The van der Waals surface area contributed by atoms with Gasteiger partial charge in [0.05, 0.1) is 0 Å². The van der Waals surface area contributed by atoms with E-state index in [4.69, 9.17) is 4.74 Å². The predicted molar refractivity (Wildman–Crippen MR) is 103 cm³/mol. The molecule has 2 saturated heterocycles. The topological polar surface area (TPSA) is 67.3 Å². The zero-order valence-electron chi connectivity index (χ0n) is 15.7. The van der Waals surface area contributed by atoms with Crippen LogP contribution >= 0.6 is 0 Å².